The first-order valence-corrected chi connectivity index (χ1v) is 3.87. The Bertz CT molecular complexity index is 240. The predicted molar refractivity (Wildman–Crippen MR) is 39.3 cm³/mol. The number of nitrogens with zero attached hydrogens (tertiary/aromatic N) is 2. The van der Waals surface area contributed by atoms with Gasteiger partial charge in [-0.3, -0.25) is 0 Å². The molecule has 2 rings (SSSR count). The number of aryl methyl sites for hydroxylation is 1. The van der Waals surface area contributed by atoms with Crippen molar-refractivity contribution in [2.75, 3.05) is 13.1 Å². The van der Waals surface area contributed by atoms with Crippen molar-refractivity contribution in [3.8, 4) is 0 Å². The number of nitrogens with one attached hydrogen (secondary N) is 1. The summed E-state index contributed by atoms with van der Waals surface area (Å²) in [4.78, 5) is 0. The van der Waals surface area contributed by atoms with Gasteiger partial charge in [0.1, 0.15) is 5.69 Å². The molecule has 1 saturated heterocycles. The van der Waals surface area contributed by atoms with Crippen LogP contribution in [0.5, 0.6) is 0 Å². The van der Waals surface area contributed by atoms with Gasteiger partial charge in [-0.15, -0.1) is 5.10 Å². The topological polar surface area (TPSA) is 51.0 Å². The van der Waals surface area contributed by atoms with Crippen LogP contribution in [0.4, 0.5) is 0 Å². The molecular formula is C7H11N3O. The molecule has 60 valence electrons. The summed E-state index contributed by atoms with van der Waals surface area (Å²) in [5, 5.41) is 10.7. The Labute approximate surface area is 65.0 Å². The van der Waals surface area contributed by atoms with Crippen LogP contribution in [-0.4, -0.2) is 23.5 Å². The molecule has 0 aliphatic carbocycles. The van der Waals surface area contributed by atoms with Gasteiger partial charge in [0, 0.05) is 17.7 Å². The molecule has 0 radical (unpaired) electrons. The van der Waals surface area contributed by atoms with Gasteiger partial charge < -0.3 is 9.84 Å². The van der Waals surface area contributed by atoms with E-state index in [4.69, 9.17) is 4.52 Å². The molecule has 1 unspecified atom stereocenters. The fourth-order valence-electron chi connectivity index (χ4n) is 1.50. The van der Waals surface area contributed by atoms with E-state index in [0.29, 0.717) is 5.92 Å². The average molecular weight is 153 g/mol. The zero-order valence-electron chi connectivity index (χ0n) is 6.50. The Morgan fingerprint density at radius 2 is 2.55 bits per heavy atom. The third-order valence-electron chi connectivity index (χ3n) is 2.13. The Morgan fingerprint density at radius 3 is 3.09 bits per heavy atom. The van der Waals surface area contributed by atoms with Gasteiger partial charge in [-0.05, 0) is 19.9 Å². The highest BCUT2D eigenvalue weighted by molar-refractivity contribution is 5.11. The molecule has 0 aromatic carbocycles. The molecule has 1 N–H and O–H groups in total. The van der Waals surface area contributed by atoms with Crippen LogP contribution in [0.15, 0.2) is 4.52 Å². The van der Waals surface area contributed by atoms with Crippen LogP contribution < -0.4 is 5.32 Å². The van der Waals surface area contributed by atoms with E-state index in [1.807, 2.05) is 6.92 Å². The molecular weight excluding hydrogens is 142 g/mol. The van der Waals surface area contributed by atoms with Crippen molar-refractivity contribution in [1.29, 1.82) is 0 Å². The Morgan fingerprint density at radius 1 is 1.64 bits per heavy atom. The second kappa shape index (κ2) is 2.62. The van der Waals surface area contributed by atoms with Crippen LogP contribution in [0.3, 0.4) is 0 Å². The molecule has 1 aromatic heterocycles. The molecule has 0 bridgehead atoms. The van der Waals surface area contributed by atoms with Gasteiger partial charge >= 0.3 is 0 Å². The molecule has 1 fully saturated rings. The summed E-state index contributed by atoms with van der Waals surface area (Å²) in [6.07, 6.45) is 1.15. The molecule has 0 amide bonds. The zero-order valence-corrected chi connectivity index (χ0v) is 6.50. The minimum atomic E-state index is 0.515. The van der Waals surface area contributed by atoms with Crippen molar-refractivity contribution in [3.05, 3.63) is 11.5 Å². The standard InChI is InChI=1S/C7H11N3O/c1-5-7(9-10-11-5)6-2-3-8-4-6/h6,8H,2-4H2,1H3. The fraction of sp³-hybridized carbons (Fsp3) is 0.714. The van der Waals surface area contributed by atoms with Gasteiger partial charge in [-0.25, -0.2) is 0 Å². The van der Waals surface area contributed by atoms with E-state index < -0.39 is 0 Å². The summed E-state index contributed by atoms with van der Waals surface area (Å²) in [6.45, 7) is 4.00. The number of hydrogen-bond acceptors (Lipinski definition) is 4. The first-order valence-electron chi connectivity index (χ1n) is 3.87. The third kappa shape index (κ3) is 1.14. The number of aromatic nitrogens is 2. The highest BCUT2D eigenvalue weighted by Crippen LogP contribution is 2.22. The monoisotopic (exact) mass is 153 g/mol. The van der Waals surface area contributed by atoms with Crippen molar-refractivity contribution < 1.29 is 4.52 Å². The molecule has 0 saturated carbocycles. The van der Waals surface area contributed by atoms with E-state index in [0.717, 1.165) is 31.0 Å². The Hall–Kier alpha value is -0.900. The first-order chi connectivity index (χ1) is 5.38. The molecule has 4 heteroatoms. The van der Waals surface area contributed by atoms with Crippen LogP contribution >= 0.6 is 0 Å². The summed E-state index contributed by atoms with van der Waals surface area (Å²) in [5.74, 6) is 1.37. The maximum atomic E-state index is 4.89. The second-order valence-corrected chi connectivity index (χ2v) is 2.90. The van der Waals surface area contributed by atoms with Gasteiger partial charge in [-0.2, -0.15) is 0 Å². The van der Waals surface area contributed by atoms with Gasteiger partial charge in [-0.1, -0.05) is 0 Å². The van der Waals surface area contributed by atoms with Crippen molar-refractivity contribution in [2.24, 2.45) is 0 Å². The van der Waals surface area contributed by atoms with Crippen LogP contribution in [0.1, 0.15) is 23.8 Å². The van der Waals surface area contributed by atoms with Gasteiger partial charge in [0.05, 0.1) is 0 Å². The number of rotatable bonds is 1. The normalized spacial score (nSPS) is 24.3. The Balaban J connectivity index is 2.21. The summed E-state index contributed by atoms with van der Waals surface area (Å²) in [5.41, 5.74) is 1.02. The molecule has 0 spiro atoms. The van der Waals surface area contributed by atoms with Crippen LogP contribution in [0, 0.1) is 6.92 Å². The summed E-state index contributed by atoms with van der Waals surface area (Å²) >= 11 is 0. The van der Waals surface area contributed by atoms with E-state index in [9.17, 15) is 0 Å². The lowest BCUT2D eigenvalue weighted by atomic mass is 10.0. The molecule has 1 aliphatic rings. The van der Waals surface area contributed by atoms with Gasteiger partial charge in [0.25, 0.3) is 0 Å². The SMILES string of the molecule is Cc1onnc1C1CCNC1. The molecule has 1 aromatic rings. The molecule has 11 heavy (non-hydrogen) atoms. The minimum absolute atomic E-state index is 0.515. The van der Waals surface area contributed by atoms with Crippen molar-refractivity contribution in [2.45, 2.75) is 19.3 Å². The summed E-state index contributed by atoms with van der Waals surface area (Å²) in [6, 6.07) is 0. The lowest BCUT2D eigenvalue weighted by Crippen LogP contribution is -2.08. The molecule has 1 atom stereocenters. The smallest absolute Gasteiger partial charge is 0.157 e. The average Bonchev–Trinajstić information content (AvgIpc) is 2.55. The van der Waals surface area contributed by atoms with Crippen molar-refractivity contribution >= 4 is 0 Å². The predicted octanol–water partition coefficient (Wildman–Crippen LogP) is 0.455. The second-order valence-electron chi connectivity index (χ2n) is 2.90. The van der Waals surface area contributed by atoms with E-state index in [1.165, 1.54) is 0 Å². The maximum absolute atomic E-state index is 4.89. The molecule has 1 aliphatic heterocycles. The Kier molecular flexibility index (Phi) is 1.62. The van der Waals surface area contributed by atoms with Crippen LogP contribution in [0.25, 0.3) is 0 Å². The quantitative estimate of drug-likeness (QED) is 0.636. The highest BCUT2D eigenvalue weighted by Gasteiger charge is 2.21. The third-order valence-corrected chi connectivity index (χ3v) is 2.13. The largest absolute Gasteiger partial charge is 0.342 e. The first kappa shape index (κ1) is 6.79. The van der Waals surface area contributed by atoms with Crippen molar-refractivity contribution in [1.82, 2.24) is 15.7 Å². The lowest BCUT2D eigenvalue weighted by Gasteiger charge is -2.01. The van der Waals surface area contributed by atoms with Crippen LogP contribution in [0.2, 0.25) is 0 Å². The van der Waals surface area contributed by atoms with Gasteiger partial charge in [0.2, 0.25) is 0 Å². The number of hydrogen-bond donors (Lipinski definition) is 1. The van der Waals surface area contributed by atoms with Crippen molar-refractivity contribution in [3.63, 3.8) is 0 Å². The van der Waals surface area contributed by atoms with E-state index in [2.05, 4.69) is 15.7 Å². The van der Waals surface area contributed by atoms with Gasteiger partial charge in [0.15, 0.2) is 5.76 Å². The van der Waals surface area contributed by atoms with E-state index in [1.54, 1.807) is 0 Å². The highest BCUT2D eigenvalue weighted by atomic mass is 16.5. The van der Waals surface area contributed by atoms with E-state index in [-0.39, 0.29) is 0 Å². The fourth-order valence-corrected chi connectivity index (χ4v) is 1.50. The molecule has 4 nitrogen and oxygen atoms in total. The summed E-state index contributed by atoms with van der Waals surface area (Å²) < 4.78 is 4.89. The van der Waals surface area contributed by atoms with Crippen LogP contribution in [-0.2, 0) is 0 Å². The molecule has 2 heterocycles. The lowest BCUT2D eigenvalue weighted by molar-refractivity contribution is 0.373. The zero-order chi connectivity index (χ0) is 7.68. The van der Waals surface area contributed by atoms with E-state index >= 15 is 0 Å². The summed E-state index contributed by atoms with van der Waals surface area (Å²) in [7, 11) is 0. The minimum Gasteiger partial charge on any atom is -0.342 e. The maximum Gasteiger partial charge on any atom is 0.157 e.